The van der Waals surface area contributed by atoms with Gasteiger partial charge in [0.1, 0.15) is 0 Å². The first-order valence-electron chi connectivity index (χ1n) is 6.83. The van der Waals surface area contributed by atoms with Gasteiger partial charge < -0.3 is 10.4 Å². The van der Waals surface area contributed by atoms with Crippen LogP contribution in [0.1, 0.15) is 29.8 Å². The van der Waals surface area contributed by atoms with E-state index in [0.717, 1.165) is 19.1 Å². The molecule has 0 bridgehead atoms. The van der Waals surface area contributed by atoms with Crippen molar-refractivity contribution in [2.45, 2.75) is 37.9 Å². The van der Waals surface area contributed by atoms with Gasteiger partial charge in [-0.05, 0) is 19.3 Å². The molecule has 1 saturated carbocycles. The SMILES string of the molecule is O=C(O)c1cn(CCNC2CCN(C3CC3)C2)nn1. The Morgan fingerprint density at radius 2 is 2.32 bits per heavy atom. The molecule has 104 valence electrons. The number of carboxylic acid groups (broad SMARTS) is 1. The Morgan fingerprint density at radius 3 is 3.00 bits per heavy atom. The average molecular weight is 265 g/mol. The molecular formula is C12H19N5O2. The summed E-state index contributed by atoms with van der Waals surface area (Å²) in [6, 6.07) is 1.41. The molecule has 2 heterocycles. The molecule has 0 spiro atoms. The maximum atomic E-state index is 10.7. The van der Waals surface area contributed by atoms with Crippen LogP contribution in [0.25, 0.3) is 0 Å². The molecule has 1 atom stereocenters. The zero-order chi connectivity index (χ0) is 13.2. The van der Waals surface area contributed by atoms with Crippen LogP contribution in [-0.2, 0) is 6.54 Å². The highest BCUT2D eigenvalue weighted by molar-refractivity contribution is 5.84. The number of aromatic carboxylic acids is 1. The van der Waals surface area contributed by atoms with E-state index in [1.807, 2.05) is 0 Å². The summed E-state index contributed by atoms with van der Waals surface area (Å²) in [4.78, 5) is 13.2. The summed E-state index contributed by atoms with van der Waals surface area (Å²) in [5, 5.41) is 19.6. The second kappa shape index (κ2) is 5.26. The maximum absolute atomic E-state index is 10.7. The normalized spacial score (nSPS) is 23.9. The molecule has 1 unspecified atom stereocenters. The Bertz CT molecular complexity index is 457. The minimum absolute atomic E-state index is 0.000718. The number of carbonyl (C=O) groups is 1. The molecule has 1 saturated heterocycles. The van der Waals surface area contributed by atoms with Crippen molar-refractivity contribution in [2.24, 2.45) is 0 Å². The van der Waals surface area contributed by atoms with E-state index in [0.29, 0.717) is 12.6 Å². The second-order valence-electron chi connectivity index (χ2n) is 5.34. The highest BCUT2D eigenvalue weighted by atomic mass is 16.4. The van der Waals surface area contributed by atoms with Crippen molar-refractivity contribution in [3.63, 3.8) is 0 Å². The summed E-state index contributed by atoms with van der Waals surface area (Å²) in [7, 11) is 0. The highest BCUT2D eigenvalue weighted by Crippen LogP contribution is 2.29. The predicted molar refractivity (Wildman–Crippen MR) is 68.0 cm³/mol. The van der Waals surface area contributed by atoms with Crippen molar-refractivity contribution >= 4 is 5.97 Å². The van der Waals surface area contributed by atoms with Gasteiger partial charge in [-0.2, -0.15) is 0 Å². The van der Waals surface area contributed by atoms with E-state index in [2.05, 4.69) is 20.5 Å². The number of hydrogen-bond donors (Lipinski definition) is 2. The van der Waals surface area contributed by atoms with Gasteiger partial charge in [-0.1, -0.05) is 5.21 Å². The number of nitrogens with zero attached hydrogens (tertiary/aromatic N) is 4. The van der Waals surface area contributed by atoms with Gasteiger partial charge in [-0.25, -0.2) is 4.79 Å². The third-order valence-electron chi connectivity index (χ3n) is 3.81. The van der Waals surface area contributed by atoms with Crippen LogP contribution in [-0.4, -0.2) is 62.7 Å². The fraction of sp³-hybridized carbons (Fsp3) is 0.750. The predicted octanol–water partition coefficient (Wildman–Crippen LogP) is -0.197. The summed E-state index contributed by atoms with van der Waals surface area (Å²) in [5.41, 5.74) is 0.000718. The third-order valence-corrected chi connectivity index (χ3v) is 3.81. The van der Waals surface area contributed by atoms with Gasteiger partial charge in [0, 0.05) is 31.7 Å². The van der Waals surface area contributed by atoms with Gasteiger partial charge in [0.25, 0.3) is 0 Å². The number of aromatic nitrogens is 3. The van der Waals surface area contributed by atoms with Crippen molar-refractivity contribution in [2.75, 3.05) is 19.6 Å². The van der Waals surface area contributed by atoms with Crippen molar-refractivity contribution in [3.8, 4) is 0 Å². The summed E-state index contributed by atoms with van der Waals surface area (Å²) < 4.78 is 1.57. The summed E-state index contributed by atoms with van der Waals surface area (Å²) in [5.74, 6) is -1.03. The Labute approximate surface area is 111 Å². The van der Waals surface area contributed by atoms with Crippen LogP contribution in [0.15, 0.2) is 6.20 Å². The molecule has 1 aromatic rings. The van der Waals surface area contributed by atoms with Gasteiger partial charge in [-0.15, -0.1) is 5.10 Å². The molecular weight excluding hydrogens is 246 g/mol. The number of likely N-dealkylation sites (tertiary alicyclic amines) is 1. The van der Waals surface area contributed by atoms with Crippen LogP contribution in [0, 0.1) is 0 Å². The standard InChI is InChI=1S/C12H19N5O2/c18-12(19)11-8-17(15-14-11)6-4-13-9-3-5-16(7-9)10-1-2-10/h8-10,13H,1-7H2,(H,18,19). The zero-order valence-electron chi connectivity index (χ0n) is 10.8. The molecule has 1 aliphatic carbocycles. The molecule has 7 nitrogen and oxygen atoms in total. The lowest BCUT2D eigenvalue weighted by Gasteiger charge is -2.15. The van der Waals surface area contributed by atoms with Crippen LogP contribution < -0.4 is 5.32 Å². The molecule has 0 aromatic carbocycles. The summed E-state index contributed by atoms with van der Waals surface area (Å²) >= 11 is 0. The molecule has 1 aromatic heterocycles. The highest BCUT2D eigenvalue weighted by Gasteiger charge is 2.33. The fourth-order valence-corrected chi connectivity index (χ4v) is 2.61. The molecule has 3 rings (SSSR count). The topological polar surface area (TPSA) is 83.3 Å². The van der Waals surface area contributed by atoms with Crippen LogP contribution in [0.5, 0.6) is 0 Å². The first-order valence-corrected chi connectivity index (χ1v) is 6.83. The van der Waals surface area contributed by atoms with Crippen molar-refractivity contribution < 1.29 is 9.90 Å². The lowest BCUT2D eigenvalue weighted by atomic mass is 10.2. The molecule has 7 heteroatoms. The van der Waals surface area contributed by atoms with Crippen LogP contribution in [0.3, 0.4) is 0 Å². The van der Waals surface area contributed by atoms with E-state index in [-0.39, 0.29) is 5.69 Å². The van der Waals surface area contributed by atoms with Gasteiger partial charge >= 0.3 is 5.97 Å². The van der Waals surface area contributed by atoms with Gasteiger partial charge in [0.05, 0.1) is 12.7 Å². The lowest BCUT2D eigenvalue weighted by molar-refractivity contribution is 0.0690. The largest absolute Gasteiger partial charge is 0.476 e. The maximum Gasteiger partial charge on any atom is 0.358 e. The molecule has 19 heavy (non-hydrogen) atoms. The van der Waals surface area contributed by atoms with Gasteiger partial charge in [-0.3, -0.25) is 9.58 Å². The zero-order valence-corrected chi connectivity index (χ0v) is 10.8. The van der Waals surface area contributed by atoms with E-state index in [1.54, 1.807) is 4.68 Å². The molecule has 0 amide bonds. The van der Waals surface area contributed by atoms with E-state index in [1.165, 1.54) is 32.0 Å². The number of carboxylic acids is 1. The van der Waals surface area contributed by atoms with E-state index >= 15 is 0 Å². The van der Waals surface area contributed by atoms with Crippen molar-refractivity contribution in [1.82, 2.24) is 25.2 Å². The molecule has 2 N–H and O–H groups in total. The van der Waals surface area contributed by atoms with Crippen LogP contribution >= 0.6 is 0 Å². The fourth-order valence-electron chi connectivity index (χ4n) is 2.61. The molecule has 2 fully saturated rings. The quantitative estimate of drug-likeness (QED) is 0.741. The minimum Gasteiger partial charge on any atom is -0.476 e. The first-order chi connectivity index (χ1) is 9.22. The minimum atomic E-state index is -1.03. The molecule has 2 aliphatic rings. The summed E-state index contributed by atoms with van der Waals surface area (Å²) in [6.07, 6.45) is 5.40. The monoisotopic (exact) mass is 265 g/mol. The van der Waals surface area contributed by atoms with E-state index in [9.17, 15) is 4.79 Å². The van der Waals surface area contributed by atoms with Crippen LogP contribution in [0.2, 0.25) is 0 Å². The number of hydrogen-bond acceptors (Lipinski definition) is 5. The average Bonchev–Trinajstić information content (AvgIpc) is 2.94. The van der Waals surface area contributed by atoms with Crippen molar-refractivity contribution in [1.29, 1.82) is 0 Å². The number of nitrogens with one attached hydrogen (secondary N) is 1. The number of rotatable bonds is 6. The Hall–Kier alpha value is -1.47. The first kappa shape index (κ1) is 12.6. The van der Waals surface area contributed by atoms with Gasteiger partial charge in [0.2, 0.25) is 0 Å². The van der Waals surface area contributed by atoms with Gasteiger partial charge in [0.15, 0.2) is 5.69 Å². The van der Waals surface area contributed by atoms with Crippen molar-refractivity contribution in [3.05, 3.63) is 11.9 Å². The second-order valence-corrected chi connectivity index (χ2v) is 5.34. The Morgan fingerprint density at radius 1 is 1.47 bits per heavy atom. The lowest BCUT2D eigenvalue weighted by Crippen LogP contribution is -2.35. The van der Waals surface area contributed by atoms with Crippen LogP contribution in [0.4, 0.5) is 0 Å². The third kappa shape index (κ3) is 3.10. The Balaban J connectivity index is 1.39. The van der Waals surface area contributed by atoms with E-state index in [4.69, 9.17) is 5.11 Å². The smallest absolute Gasteiger partial charge is 0.358 e. The molecule has 0 radical (unpaired) electrons. The molecule has 1 aliphatic heterocycles. The Kier molecular flexibility index (Phi) is 3.48. The van der Waals surface area contributed by atoms with E-state index < -0.39 is 5.97 Å². The summed E-state index contributed by atoms with van der Waals surface area (Å²) in [6.45, 7) is 3.79.